The number of unbranched alkanes of at least 4 members (excludes halogenated alkanes) is 15. The van der Waals surface area contributed by atoms with Gasteiger partial charge < -0.3 is 64.2 Å². The molecule has 7 N–H and O–H groups in total. The van der Waals surface area contributed by atoms with Crippen molar-refractivity contribution in [2.24, 2.45) is 0 Å². The van der Waals surface area contributed by atoms with Crippen molar-refractivity contribution in [3.63, 3.8) is 0 Å². The number of allylic oxidation sites excluding steroid dienone is 16. The Morgan fingerprint density at radius 2 is 0.867 bits per heavy atom. The highest BCUT2D eigenvalue weighted by Crippen LogP contribution is 2.26. The maximum Gasteiger partial charge on any atom is 0.306 e. The summed E-state index contributed by atoms with van der Waals surface area (Å²) in [4.78, 5) is 13.1. The van der Waals surface area contributed by atoms with Crippen molar-refractivity contribution in [3.05, 3.63) is 97.2 Å². The zero-order chi connectivity index (χ0) is 54.4. The maximum atomic E-state index is 13.1. The van der Waals surface area contributed by atoms with Crippen LogP contribution in [0, 0.1) is 0 Å². The van der Waals surface area contributed by atoms with Crippen molar-refractivity contribution in [2.45, 2.75) is 248 Å². The highest BCUT2D eigenvalue weighted by atomic mass is 16.7. The second-order valence-corrected chi connectivity index (χ2v) is 19.7. The van der Waals surface area contributed by atoms with Crippen LogP contribution in [0.15, 0.2) is 97.2 Å². The number of carbonyl (C=O) groups excluding carboxylic acids is 1. The lowest BCUT2D eigenvalue weighted by Gasteiger charge is -2.42. The first kappa shape index (κ1) is 68.0. The average Bonchev–Trinajstić information content (AvgIpc) is 3.41. The molecule has 14 heteroatoms. The van der Waals surface area contributed by atoms with Crippen molar-refractivity contribution >= 4 is 5.97 Å². The Bertz CT molecular complexity index is 1610. The van der Waals surface area contributed by atoms with Gasteiger partial charge in [0, 0.05) is 13.0 Å². The lowest BCUT2D eigenvalue weighted by Crippen LogP contribution is -2.61. The molecule has 2 aliphatic heterocycles. The van der Waals surface area contributed by atoms with Gasteiger partial charge in [0.05, 0.1) is 26.4 Å². The number of esters is 1. The molecular formula is C61H102O14. The van der Waals surface area contributed by atoms with Crippen molar-refractivity contribution < 1.29 is 69.0 Å². The molecule has 2 heterocycles. The lowest BCUT2D eigenvalue weighted by atomic mass is 9.98. The van der Waals surface area contributed by atoms with Crippen LogP contribution >= 0.6 is 0 Å². The fourth-order valence-electron chi connectivity index (χ4n) is 8.44. The van der Waals surface area contributed by atoms with Gasteiger partial charge in [0.25, 0.3) is 0 Å². The summed E-state index contributed by atoms with van der Waals surface area (Å²) in [6, 6.07) is 0. The predicted molar refractivity (Wildman–Crippen MR) is 298 cm³/mol. The summed E-state index contributed by atoms with van der Waals surface area (Å²) in [6.45, 7) is 3.49. The monoisotopic (exact) mass is 1060 g/mol. The molecule has 0 bridgehead atoms. The summed E-state index contributed by atoms with van der Waals surface area (Å²) in [5.41, 5.74) is 0. The van der Waals surface area contributed by atoms with E-state index in [0.29, 0.717) is 13.0 Å². The summed E-state index contributed by atoms with van der Waals surface area (Å²) in [7, 11) is 0. The van der Waals surface area contributed by atoms with Crippen molar-refractivity contribution in [1.29, 1.82) is 0 Å². The summed E-state index contributed by atoms with van der Waals surface area (Å²) in [5.74, 6) is -0.406. The molecule has 0 aromatic heterocycles. The third kappa shape index (κ3) is 33.7. The van der Waals surface area contributed by atoms with Gasteiger partial charge in [-0.05, 0) is 96.3 Å². The standard InChI is InChI=1S/C61H102O14/c1-3-5-7-9-11-13-15-17-19-21-23-24-25-26-27-28-30-32-34-36-38-40-42-44-53(63)73-50(47-70-45-43-41-39-37-35-33-31-29-22-20-18-16-14-12-10-8-6-4-2)48-71-60-59(69)57(67)55(65)52(75-60)49-72-61-58(68)56(66)54(64)51(46-62)74-61/h5,7,11-14,17-20,23-24,26-27,30,32,50-52,54-62,64-69H,3-4,6,8-10,15-16,21-22,25,28-29,31,33-49H2,1-2H3/b7-5-,13-11-,14-12-,19-17-,20-18-,24-23-,27-26-,32-30-. The molecule has 0 aliphatic carbocycles. The molecular weight excluding hydrogens is 957 g/mol. The Balaban J connectivity index is 1.75. The quantitative estimate of drug-likeness (QED) is 0.0172. The van der Waals surface area contributed by atoms with E-state index in [1.54, 1.807) is 0 Å². The van der Waals surface area contributed by atoms with Gasteiger partial charge in [0.15, 0.2) is 12.6 Å². The van der Waals surface area contributed by atoms with Crippen molar-refractivity contribution in [3.8, 4) is 0 Å². The van der Waals surface area contributed by atoms with Crippen LogP contribution in [0.1, 0.15) is 181 Å². The van der Waals surface area contributed by atoms with E-state index >= 15 is 0 Å². The Kier molecular flexibility index (Phi) is 42.6. The summed E-state index contributed by atoms with van der Waals surface area (Å²) in [6.07, 6.45) is 46.0. The van der Waals surface area contributed by atoms with Gasteiger partial charge in [0.2, 0.25) is 0 Å². The first-order valence-corrected chi connectivity index (χ1v) is 28.8. The largest absolute Gasteiger partial charge is 0.457 e. The zero-order valence-electron chi connectivity index (χ0n) is 46.0. The van der Waals surface area contributed by atoms with Gasteiger partial charge >= 0.3 is 5.97 Å². The molecule has 0 aromatic rings. The molecule has 0 spiro atoms. The minimum Gasteiger partial charge on any atom is -0.457 e. The highest BCUT2D eigenvalue weighted by molar-refractivity contribution is 5.69. The SMILES string of the molecule is CC/C=C\C/C=C\C/C=C\C/C=C\C/C=C\C/C=C\CCCCCCC(=O)OC(COCCCCCCCCCC/C=C\C/C=C\CCCCC)COC1OC(COC2OC(CO)C(O)C(O)C2O)C(O)C(O)C1O. The molecule has 2 saturated heterocycles. The van der Waals surface area contributed by atoms with Crippen molar-refractivity contribution in [1.82, 2.24) is 0 Å². The van der Waals surface area contributed by atoms with Gasteiger partial charge in [-0.25, -0.2) is 0 Å². The molecule has 75 heavy (non-hydrogen) atoms. The fourth-order valence-corrected chi connectivity index (χ4v) is 8.44. The van der Waals surface area contributed by atoms with E-state index in [-0.39, 0.29) is 19.6 Å². The Hall–Kier alpha value is -3.09. The van der Waals surface area contributed by atoms with Crippen LogP contribution in [0.4, 0.5) is 0 Å². The summed E-state index contributed by atoms with van der Waals surface area (Å²) < 4.78 is 34.3. The van der Waals surface area contributed by atoms with Crippen LogP contribution in [0.5, 0.6) is 0 Å². The summed E-state index contributed by atoms with van der Waals surface area (Å²) in [5, 5.41) is 72.3. The Morgan fingerprint density at radius 3 is 1.36 bits per heavy atom. The number of hydrogen-bond donors (Lipinski definition) is 7. The minimum absolute atomic E-state index is 0.0407. The lowest BCUT2D eigenvalue weighted by molar-refractivity contribution is -0.332. The van der Waals surface area contributed by atoms with Gasteiger partial charge in [-0.3, -0.25) is 4.79 Å². The normalized spacial score (nSPS) is 25.3. The number of aliphatic hydroxyl groups excluding tert-OH is 7. The number of rotatable bonds is 45. The molecule has 2 fully saturated rings. The number of aliphatic hydroxyl groups is 7. The minimum atomic E-state index is -1.72. The fraction of sp³-hybridized carbons (Fsp3) is 0.721. The first-order valence-electron chi connectivity index (χ1n) is 28.8. The van der Waals surface area contributed by atoms with Crippen molar-refractivity contribution in [2.75, 3.05) is 33.0 Å². The van der Waals surface area contributed by atoms with Crippen LogP contribution in [-0.4, -0.2) is 142 Å². The van der Waals surface area contributed by atoms with E-state index < -0.39 is 86.7 Å². The van der Waals surface area contributed by atoms with E-state index in [4.69, 9.17) is 28.4 Å². The smallest absolute Gasteiger partial charge is 0.306 e. The molecule has 0 radical (unpaired) electrons. The van der Waals surface area contributed by atoms with E-state index in [1.165, 1.54) is 57.8 Å². The molecule has 2 aliphatic rings. The zero-order valence-corrected chi connectivity index (χ0v) is 46.0. The first-order chi connectivity index (χ1) is 36.6. The molecule has 0 saturated carbocycles. The van der Waals surface area contributed by atoms with E-state index in [2.05, 4.69) is 111 Å². The molecule has 14 nitrogen and oxygen atoms in total. The average molecular weight is 1060 g/mol. The topological polar surface area (TPSA) is 214 Å². The Labute approximate surface area is 452 Å². The molecule has 11 unspecified atom stereocenters. The van der Waals surface area contributed by atoms with E-state index in [0.717, 1.165) is 96.3 Å². The van der Waals surface area contributed by atoms with Gasteiger partial charge in [-0.15, -0.1) is 0 Å². The molecule has 0 aromatic carbocycles. The number of ether oxygens (including phenoxy) is 6. The van der Waals surface area contributed by atoms with Crippen LogP contribution in [0.25, 0.3) is 0 Å². The summed E-state index contributed by atoms with van der Waals surface area (Å²) >= 11 is 0. The van der Waals surface area contributed by atoms with Crippen LogP contribution in [-0.2, 0) is 33.2 Å². The van der Waals surface area contributed by atoms with E-state index in [9.17, 15) is 40.5 Å². The second-order valence-electron chi connectivity index (χ2n) is 19.7. The number of hydrogen-bond acceptors (Lipinski definition) is 14. The third-order valence-electron chi connectivity index (χ3n) is 13.1. The highest BCUT2D eigenvalue weighted by Gasteiger charge is 2.47. The van der Waals surface area contributed by atoms with Gasteiger partial charge in [-0.2, -0.15) is 0 Å². The second kappa shape index (κ2) is 47.0. The van der Waals surface area contributed by atoms with Gasteiger partial charge in [0.1, 0.15) is 54.9 Å². The number of carbonyl (C=O) groups is 1. The van der Waals surface area contributed by atoms with Gasteiger partial charge in [-0.1, -0.05) is 175 Å². The van der Waals surface area contributed by atoms with Crippen LogP contribution < -0.4 is 0 Å². The molecule has 2 rings (SSSR count). The predicted octanol–water partition coefficient (Wildman–Crippen LogP) is 10.2. The maximum absolute atomic E-state index is 13.1. The Morgan fingerprint density at radius 1 is 0.453 bits per heavy atom. The molecule has 430 valence electrons. The van der Waals surface area contributed by atoms with Crippen LogP contribution in [0.3, 0.4) is 0 Å². The van der Waals surface area contributed by atoms with Crippen LogP contribution in [0.2, 0.25) is 0 Å². The third-order valence-corrected chi connectivity index (χ3v) is 13.1. The molecule has 0 amide bonds. The molecule has 11 atom stereocenters. The van der Waals surface area contributed by atoms with E-state index in [1.807, 2.05) is 0 Å².